The largest absolute Gasteiger partial charge is 0.192 e. The zero-order chi connectivity index (χ0) is 20.1. The fourth-order valence-corrected chi connectivity index (χ4v) is 8.97. The number of nitrogens with zero attached hydrogens (tertiary/aromatic N) is 1. The van der Waals surface area contributed by atoms with Crippen LogP contribution in [0.15, 0.2) is 115 Å². The highest BCUT2D eigenvalue weighted by atomic mass is 31.2. The molecule has 1 atom stereocenters. The predicted molar refractivity (Wildman–Crippen MR) is 125 cm³/mol. The van der Waals surface area contributed by atoms with Crippen LogP contribution in [0.25, 0.3) is 0 Å². The van der Waals surface area contributed by atoms with Gasteiger partial charge in [-0.3, -0.25) is 0 Å². The Hall–Kier alpha value is -3.20. The summed E-state index contributed by atoms with van der Waals surface area (Å²) in [5, 5.41) is 13.5. The molecule has 0 N–H and O–H groups in total. The molecule has 0 heterocycles. The van der Waals surface area contributed by atoms with Crippen molar-refractivity contribution in [2.24, 2.45) is 0 Å². The minimum atomic E-state index is -2.01. The summed E-state index contributed by atoms with van der Waals surface area (Å²) >= 11 is 0. The van der Waals surface area contributed by atoms with Gasteiger partial charge in [0.25, 0.3) is 0 Å². The van der Waals surface area contributed by atoms with Crippen LogP contribution in [-0.2, 0) is 0 Å². The van der Waals surface area contributed by atoms with E-state index in [0.29, 0.717) is 5.56 Å². The predicted octanol–water partition coefficient (Wildman–Crippen LogP) is 5.61. The van der Waals surface area contributed by atoms with Crippen molar-refractivity contribution in [2.75, 3.05) is 0 Å². The normalized spacial score (nSPS) is 12.1. The van der Waals surface area contributed by atoms with E-state index in [2.05, 4.69) is 110 Å². The smallest absolute Gasteiger partial charge is 0.119 e. The first kappa shape index (κ1) is 19.1. The van der Waals surface area contributed by atoms with E-state index in [1.165, 1.54) is 21.5 Å². The molecule has 0 saturated carbocycles. The molecule has 0 saturated heterocycles. The van der Waals surface area contributed by atoms with Crippen LogP contribution >= 0.6 is 7.26 Å². The second kappa shape index (κ2) is 8.44. The first-order valence-corrected chi connectivity index (χ1v) is 11.7. The zero-order valence-corrected chi connectivity index (χ0v) is 17.3. The maximum absolute atomic E-state index is 9.46. The fourth-order valence-electron chi connectivity index (χ4n) is 4.20. The lowest BCUT2D eigenvalue weighted by atomic mass is 10.1. The molecule has 0 amide bonds. The zero-order valence-electron chi connectivity index (χ0n) is 16.4. The molecule has 0 aromatic heterocycles. The molecule has 0 bridgehead atoms. The molecule has 0 radical (unpaired) electrons. The van der Waals surface area contributed by atoms with Crippen LogP contribution in [0.4, 0.5) is 0 Å². The maximum atomic E-state index is 9.46. The van der Waals surface area contributed by atoms with Gasteiger partial charge in [-0.25, -0.2) is 0 Å². The first-order chi connectivity index (χ1) is 14.3. The van der Waals surface area contributed by atoms with Gasteiger partial charge in [-0.05, 0) is 61.0 Å². The van der Waals surface area contributed by atoms with E-state index < -0.39 is 7.26 Å². The summed E-state index contributed by atoms with van der Waals surface area (Å²) in [6, 6.07) is 43.0. The van der Waals surface area contributed by atoms with Crippen molar-refractivity contribution in [3.8, 4) is 6.07 Å². The third-order valence-corrected chi connectivity index (χ3v) is 10.4. The summed E-state index contributed by atoms with van der Waals surface area (Å²) in [4.78, 5) is 0. The lowest BCUT2D eigenvalue weighted by molar-refractivity contribution is 1.08. The Morgan fingerprint density at radius 1 is 0.621 bits per heavy atom. The Morgan fingerprint density at radius 2 is 1.07 bits per heavy atom. The van der Waals surface area contributed by atoms with Gasteiger partial charge in [0.2, 0.25) is 0 Å². The van der Waals surface area contributed by atoms with Gasteiger partial charge in [-0.1, -0.05) is 66.7 Å². The summed E-state index contributed by atoms with van der Waals surface area (Å²) in [5.41, 5.74) is 2.14. The average Bonchev–Trinajstić information content (AvgIpc) is 2.82. The minimum Gasteiger partial charge on any atom is -0.192 e. The molecular formula is C27H23NP+. The molecule has 2 heteroatoms. The van der Waals surface area contributed by atoms with Crippen LogP contribution in [-0.4, -0.2) is 0 Å². The van der Waals surface area contributed by atoms with Gasteiger partial charge in [0.15, 0.2) is 0 Å². The van der Waals surface area contributed by atoms with Gasteiger partial charge < -0.3 is 0 Å². The van der Waals surface area contributed by atoms with E-state index in [4.69, 9.17) is 0 Å². The molecular weight excluding hydrogens is 369 g/mol. The van der Waals surface area contributed by atoms with Gasteiger partial charge >= 0.3 is 0 Å². The number of benzene rings is 4. The Bertz CT molecular complexity index is 1020. The van der Waals surface area contributed by atoms with E-state index in [-0.39, 0.29) is 5.66 Å². The van der Waals surface area contributed by atoms with Gasteiger partial charge in [-0.15, -0.1) is 0 Å². The van der Waals surface area contributed by atoms with E-state index in [1.54, 1.807) is 0 Å². The van der Waals surface area contributed by atoms with Crippen molar-refractivity contribution >= 4 is 23.2 Å². The highest BCUT2D eigenvalue weighted by molar-refractivity contribution is 7.95. The number of hydrogen-bond donors (Lipinski definition) is 0. The van der Waals surface area contributed by atoms with Crippen LogP contribution in [0.5, 0.6) is 0 Å². The molecule has 0 fully saturated rings. The SMILES string of the molecule is CC(c1cccc(C#N)c1)[P+](c1ccccc1)(c1ccccc1)c1ccccc1. The quantitative estimate of drug-likeness (QED) is 0.405. The number of hydrogen-bond acceptors (Lipinski definition) is 1. The van der Waals surface area contributed by atoms with E-state index >= 15 is 0 Å². The van der Waals surface area contributed by atoms with Crippen LogP contribution in [0.2, 0.25) is 0 Å². The Balaban J connectivity index is 2.06. The third-order valence-electron chi connectivity index (χ3n) is 5.57. The monoisotopic (exact) mass is 392 g/mol. The van der Waals surface area contributed by atoms with E-state index in [9.17, 15) is 5.26 Å². The van der Waals surface area contributed by atoms with Crippen molar-refractivity contribution in [1.29, 1.82) is 5.26 Å². The van der Waals surface area contributed by atoms with Crippen molar-refractivity contribution < 1.29 is 0 Å². The molecule has 4 aromatic rings. The molecule has 0 spiro atoms. The van der Waals surface area contributed by atoms with Crippen molar-refractivity contribution in [3.63, 3.8) is 0 Å². The molecule has 0 aliphatic rings. The van der Waals surface area contributed by atoms with Crippen molar-refractivity contribution in [3.05, 3.63) is 126 Å². The Labute approximate surface area is 173 Å². The van der Waals surface area contributed by atoms with Gasteiger partial charge in [0, 0.05) is 0 Å². The van der Waals surface area contributed by atoms with Gasteiger partial charge in [-0.2, -0.15) is 5.26 Å². The molecule has 0 aliphatic heterocycles. The molecule has 29 heavy (non-hydrogen) atoms. The van der Waals surface area contributed by atoms with Crippen LogP contribution in [0.3, 0.4) is 0 Å². The summed E-state index contributed by atoms with van der Waals surface area (Å²) in [5.74, 6) is 0. The Morgan fingerprint density at radius 3 is 1.48 bits per heavy atom. The van der Waals surface area contributed by atoms with E-state index in [1.807, 2.05) is 18.2 Å². The molecule has 4 aromatic carbocycles. The Kier molecular flexibility index (Phi) is 5.57. The van der Waals surface area contributed by atoms with Crippen LogP contribution in [0, 0.1) is 11.3 Å². The lowest BCUT2D eigenvalue weighted by Gasteiger charge is -2.33. The van der Waals surface area contributed by atoms with E-state index in [0.717, 1.165) is 0 Å². The molecule has 0 aliphatic carbocycles. The number of rotatable bonds is 5. The van der Waals surface area contributed by atoms with Gasteiger partial charge in [0.1, 0.15) is 28.8 Å². The number of nitriles is 1. The topological polar surface area (TPSA) is 23.8 Å². The fraction of sp³-hybridized carbons (Fsp3) is 0.0741. The highest BCUT2D eigenvalue weighted by Gasteiger charge is 2.50. The second-order valence-electron chi connectivity index (χ2n) is 7.14. The first-order valence-electron chi connectivity index (χ1n) is 9.82. The highest BCUT2D eigenvalue weighted by Crippen LogP contribution is 2.66. The standard InChI is InChI=1S/C27H23NP/c1-22(24-13-11-12-23(20-24)21-28)29(25-14-5-2-6-15-25,26-16-7-3-8-17-26)27-18-9-4-10-19-27/h2-20,22H,1H3/q+1. The summed E-state index contributed by atoms with van der Waals surface area (Å²) in [6.45, 7) is 2.32. The summed E-state index contributed by atoms with van der Waals surface area (Å²) < 4.78 is 0. The molecule has 140 valence electrons. The van der Waals surface area contributed by atoms with Crippen molar-refractivity contribution in [1.82, 2.24) is 0 Å². The van der Waals surface area contributed by atoms with Gasteiger partial charge in [0.05, 0.1) is 11.6 Å². The molecule has 1 nitrogen and oxygen atoms in total. The maximum Gasteiger partial charge on any atom is 0.119 e. The molecule has 4 rings (SSSR count). The van der Waals surface area contributed by atoms with Crippen LogP contribution in [0.1, 0.15) is 23.7 Å². The van der Waals surface area contributed by atoms with Crippen LogP contribution < -0.4 is 15.9 Å². The average molecular weight is 392 g/mol. The second-order valence-corrected chi connectivity index (χ2v) is 10.9. The summed E-state index contributed by atoms with van der Waals surface area (Å²) in [6.07, 6.45) is 0. The molecule has 1 unspecified atom stereocenters. The van der Waals surface area contributed by atoms with Crippen molar-refractivity contribution in [2.45, 2.75) is 12.6 Å². The third kappa shape index (κ3) is 3.49. The lowest BCUT2D eigenvalue weighted by Crippen LogP contribution is -2.34. The minimum absolute atomic E-state index is 0.225. The summed E-state index contributed by atoms with van der Waals surface area (Å²) in [7, 11) is -2.01.